The van der Waals surface area contributed by atoms with Gasteiger partial charge in [0.15, 0.2) is 16.6 Å². The van der Waals surface area contributed by atoms with Crippen molar-refractivity contribution in [2.24, 2.45) is 5.41 Å². The van der Waals surface area contributed by atoms with Gasteiger partial charge in [0.2, 0.25) is 5.91 Å². The first-order valence-electron chi connectivity index (χ1n) is 9.08. The Morgan fingerprint density at radius 1 is 1.14 bits per heavy atom. The number of ether oxygens (including phenoxy) is 2. The molecule has 0 bridgehead atoms. The third-order valence-electron chi connectivity index (χ3n) is 3.73. The lowest BCUT2D eigenvalue weighted by Gasteiger charge is -2.15. The molecular weight excluding hydrogens is 380 g/mol. The number of carboxylic acid groups (broad SMARTS) is 1. The van der Waals surface area contributed by atoms with Gasteiger partial charge in [0.1, 0.15) is 0 Å². The number of amides is 1. The van der Waals surface area contributed by atoms with Crippen LogP contribution in [0.15, 0.2) is 18.2 Å². The van der Waals surface area contributed by atoms with E-state index in [1.807, 2.05) is 19.9 Å². The first-order chi connectivity index (χ1) is 13.2. The Balaban J connectivity index is 2.46. The third kappa shape index (κ3) is 5.45. The number of nitrogens with zero attached hydrogens (tertiary/aromatic N) is 1. The maximum atomic E-state index is 12.3. The van der Waals surface area contributed by atoms with Crippen molar-refractivity contribution in [1.82, 2.24) is 4.98 Å². The zero-order valence-electron chi connectivity index (χ0n) is 16.8. The summed E-state index contributed by atoms with van der Waals surface area (Å²) >= 11 is 1.16. The molecule has 0 aliphatic heterocycles. The predicted octanol–water partition coefficient (Wildman–Crippen LogP) is 4.22. The third-order valence-corrected chi connectivity index (χ3v) is 4.70. The summed E-state index contributed by atoms with van der Waals surface area (Å²) in [5, 5.41) is 12.4. The first kappa shape index (κ1) is 21.7. The largest absolute Gasteiger partial charge is 0.490 e. The average molecular weight is 407 g/mol. The molecule has 1 aromatic carbocycles. The van der Waals surface area contributed by atoms with Gasteiger partial charge in [-0.05, 0) is 32.0 Å². The van der Waals surface area contributed by atoms with Gasteiger partial charge in [0.05, 0.1) is 25.3 Å². The van der Waals surface area contributed by atoms with E-state index in [0.29, 0.717) is 46.0 Å². The fourth-order valence-corrected chi connectivity index (χ4v) is 3.34. The molecule has 0 fully saturated rings. The topological polar surface area (TPSA) is 97.8 Å². The standard InChI is InChI=1S/C20H26N2O5S/c1-6-26-13-9-8-12(10-14(13)27-7-2)17-15(11-16(23)24)28-19(21-17)22-18(25)20(3,4)5/h8-10H,6-7,11H2,1-5H3,(H,23,24)(H,21,22,25). The monoisotopic (exact) mass is 406 g/mol. The second-order valence-electron chi connectivity index (χ2n) is 7.09. The van der Waals surface area contributed by atoms with Crippen molar-refractivity contribution in [1.29, 1.82) is 0 Å². The van der Waals surface area contributed by atoms with Gasteiger partial charge in [-0.1, -0.05) is 20.8 Å². The number of rotatable bonds is 8. The number of carbonyl (C=O) groups is 2. The average Bonchev–Trinajstić information content (AvgIpc) is 2.97. The summed E-state index contributed by atoms with van der Waals surface area (Å²) < 4.78 is 11.2. The van der Waals surface area contributed by atoms with Crippen molar-refractivity contribution < 1.29 is 24.2 Å². The highest BCUT2D eigenvalue weighted by Crippen LogP contribution is 2.37. The summed E-state index contributed by atoms with van der Waals surface area (Å²) in [6.45, 7) is 10.1. The van der Waals surface area contributed by atoms with Crippen LogP contribution in [0.5, 0.6) is 11.5 Å². The van der Waals surface area contributed by atoms with Crippen molar-refractivity contribution in [2.45, 2.75) is 41.0 Å². The van der Waals surface area contributed by atoms with E-state index in [1.165, 1.54) is 0 Å². The summed E-state index contributed by atoms with van der Waals surface area (Å²) in [7, 11) is 0. The summed E-state index contributed by atoms with van der Waals surface area (Å²) in [6.07, 6.45) is -0.185. The molecule has 152 valence electrons. The van der Waals surface area contributed by atoms with E-state index >= 15 is 0 Å². The van der Waals surface area contributed by atoms with Gasteiger partial charge in [-0.3, -0.25) is 9.59 Å². The number of hydrogen-bond donors (Lipinski definition) is 2. The molecule has 0 spiro atoms. The molecule has 0 saturated heterocycles. The molecule has 7 nitrogen and oxygen atoms in total. The van der Waals surface area contributed by atoms with E-state index in [9.17, 15) is 14.7 Å². The van der Waals surface area contributed by atoms with Crippen molar-refractivity contribution >= 4 is 28.3 Å². The number of hydrogen-bond acceptors (Lipinski definition) is 6. The molecule has 2 N–H and O–H groups in total. The molecule has 1 aromatic heterocycles. The number of carbonyl (C=O) groups excluding carboxylic acids is 1. The number of aliphatic carboxylic acids is 1. The first-order valence-corrected chi connectivity index (χ1v) is 9.90. The Morgan fingerprint density at radius 2 is 1.79 bits per heavy atom. The van der Waals surface area contributed by atoms with Crippen LogP contribution in [0.2, 0.25) is 0 Å². The van der Waals surface area contributed by atoms with E-state index < -0.39 is 11.4 Å². The molecule has 2 aromatic rings. The highest BCUT2D eigenvalue weighted by atomic mass is 32.1. The van der Waals surface area contributed by atoms with E-state index in [4.69, 9.17) is 9.47 Å². The van der Waals surface area contributed by atoms with E-state index in [2.05, 4.69) is 10.3 Å². The van der Waals surface area contributed by atoms with Crippen LogP contribution in [0.25, 0.3) is 11.3 Å². The predicted molar refractivity (Wildman–Crippen MR) is 109 cm³/mol. The van der Waals surface area contributed by atoms with Gasteiger partial charge < -0.3 is 19.9 Å². The van der Waals surface area contributed by atoms with Crippen LogP contribution >= 0.6 is 11.3 Å². The highest BCUT2D eigenvalue weighted by Gasteiger charge is 2.24. The van der Waals surface area contributed by atoms with Crippen molar-refractivity contribution in [3.63, 3.8) is 0 Å². The number of benzene rings is 1. The molecular formula is C20H26N2O5S. The molecule has 1 amide bonds. The molecule has 0 atom stereocenters. The van der Waals surface area contributed by atoms with Crippen LogP contribution in [-0.2, 0) is 16.0 Å². The lowest BCUT2D eigenvalue weighted by Crippen LogP contribution is -2.27. The Bertz CT molecular complexity index is 855. The minimum atomic E-state index is -0.963. The second kappa shape index (κ2) is 9.05. The van der Waals surface area contributed by atoms with Crippen LogP contribution < -0.4 is 14.8 Å². The zero-order chi connectivity index (χ0) is 20.9. The fraction of sp³-hybridized carbons (Fsp3) is 0.450. The van der Waals surface area contributed by atoms with Gasteiger partial charge >= 0.3 is 5.97 Å². The quantitative estimate of drug-likeness (QED) is 0.681. The Morgan fingerprint density at radius 3 is 2.36 bits per heavy atom. The molecule has 28 heavy (non-hydrogen) atoms. The number of anilines is 1. The molecule has 0 unspecified atom stereocenters. The highest BCUT2D eigenvalue weighted by molar-refractivity contribution is 7.16. The van der Waals surface area contributed by atoms with Gasteiger partial charge in [0.25, 0.3) is 0 Å². The van der Waals surface area contributed by atoms with Crippen molar-refractivity contribution in [2.75, 3.05) is 18.5 Å². The Hall–Kier alpha value is -2.61. The van der Waals surface area contributed by atoms with Gasteiger partial charge in [-0.2, -0.15) is 0 Å². The lowest BCUT2D eigenvalue weighted by molar-refractivity contribution is -0.136. The molecule has 2 rings (SSSR count). The van der Waals surface area contributed by atoms with Crippen LogP contribution in [0.3, 0.4) is 0 Å². The lowest BCUT2D eigenvalue weighted by atomic mass is 9.96. The minimum absolute atomic E-state index is 0.184. The Labute approximate surface area is 168 Å². The van der Waals surface area contributed by atoms with Crippen LogP contribution in [0.4, 0.5) is 5.13 Å². The van der Waals surface area contributed by atoms with Gasteiger partial charge in [-0.15, -0.1) is 11.3 Å². The van der Waals surface area contributed by atoms with Crippen LogP contribution in [0, 0.1) is 5.41 Å². The molecule has 0 saturated carbocycles. The van der Waals surface area contributed by atoms with Crippen LogP contribution in [-0.4, -0.2) is 35.2 Å². The minimum Gasteiger partial charge on any atom is -0.490 e. The van der Waals surface area contributed by atoms with Crippen molar-refractivity contribution in [3.05, 3.63) is 23.1 Å². The zero-order valence-corrected chi connectivity index (χ0v) is 17.6. The fourth-order valence-electron chi connectivity index (χ4n) is 2.37. The summed E-state index contributed by atoms with van der Waals surface area (Å²) in [6, 6.07) is 5.37. The maximum Gasteiger partial charge on any atom is 0.308 e. The van der Waals surface area contributed by atoms with E-state index in [-0.39, 0.29) is 12.3 Å². The number of nitrogens with one attached hydrogen (secondary N) is 1. The second-order valence-corrected chi connectivity index (χ2v) is 8.18. The molecule has 1 heterocycles. The Kier molecular flexibility index (Phi) is 7.01. The molecule has 8 heteroatoms. The normalized spacial score (nSPS) is 11.2. The SMILES string of the molecule is CCOc1ccc(-c2nc(NC(=O)C(C)(C)C)sc2CC(=O)O)cc1OCC. The molecule has 0 aliphatic carbocycles. The van der Waals surface area contributed by atoms with E-state index in [1.54, 1.807) is 32.9 Å². The maximum absolute atomic E-state index is 12.3. The summed E-state index contributed by atoms with van der Waals surface area (Å²) in [4.78, 5) is 28.6. The number of aromatic nitrogens is 1. The number of carboxylic acids is 1. The molecule has 0 radical (unpaired) electrons. The van der Waals surface area contributed by atoms with Gasteiger partial charge in [-0.25, -0.2) is 4.98 Å². The number of thiazole rings is 1. The smallest absolute Gasteiger partial charge is 0.308 e. The van der Waals surface area contributed by atoms with Crippen LogP contribution in [0.1, 0.15) is 39.5 Å². The van der Waals surface area contributed by atoms with Crippen molar-refractivity contribution in [3.8, 4) is 22.8 Å². The summed E-state index contributed by atoms with van der Waals surface area (Å²) in [5.74, 6) is 0.0340. The molecule has 0 aliphatic rings. The van der Waals surface area contributed by atoms with E-state index in [0.717, 1.165) is 11.3 Å². The van der Waals surface area contributed by atoms with Gasteiger partial charge in [0, 0.05) is 15.9 Å². The summed E-state index contributed by atoms with van der Waals surface area (Å²) in [5.41, 5.74) is 0.636.